The van der Waals surface area contributed by atoms with Crippen molar-refractivity contribution in [2.24, 2.45) is 0 Å². The summed E-state index contributed by atoms with van der Waals surface area (Å²) in [4.78, 5) is 0. The largest absolute Gasteiger partial charge is 0.481 e. The van der Waals surface area contributed by atoms with Crippen LogP contribution in [0, 0.1) is 11.8 Å². The minimum absolute atomic E-state index is 0.396. The van der Waals surface area contributed by atoms with E-state index < -0.39 is 0 Å². The molecule has 3 aromatic carbocycles. The highest BCUT2D eigenvalue weighted by Crippen LogP contribution is 2.17. The zero-order chi connectivity index (χ0) is 13.6. The van der Waals surface area contributed by atoms with Crippen LogP contribution in [0.1, 0.15) is 5.56 Å². The van der Waals surface area contributed by atoms with Crippen LogP contribution in [-0.4, -0.2) is 6.61 Å². The predicted molar refractivity (Wildman–Crippen MR) is 82.8 cm³/mol. The van der Waals surface area contributed by atoms with Gasteiger partial charge in [0.2, 0.25) is 0 Å². The molecule has 20 heavy (non-hydrogen) atoms. The lowest BCUT2D eigenvalue weighted by Crippen LogP contribution is -1.93. The third-order valence-electron chi connectivity index (χ3n) is 3.07. The van der Waals surface area contributed by atoms with Gasteiger partial charge in [0.1, 0.15) is 12.4 Å². The summed E-state index contributed by atoms with van der Waals surface area (Å²) in [6.45, 7) is 0.396. The van der Waals surface area contributed by atoms with Gasteiger partial charge >= 0.3 is 0 Å². The van der Waals surface area contributed by atoms with Gasteiger partial charge in [-0.3, -0.25) is 0 Å². The second-order valence-electron chi connectivity index (χ2n) is 4.43. The van der Waals surface area contributed by atoms with Crippen molar-refractivity contribution in [1.29, 1.82) is 0 Å². The number of fused-ring (bicyclic) bond motifs is 1. The molecule has 0 aliphatic heterocycles. The normalized spacial score (nSPS) is 9.80. The Morgan fingerprint density at radius 2 is 1.50 bits per heavy atom. The Morgan fingerprint density at radius 1 is 0.750 bits per heavy atom. The monoisotopic (exact) mass is 258 g/mol. The zero-order valence-electron chi connectivity index (χ0n) is 11.0. The first-order valence-corrected chi connectivity index (χ1v) is 6.58. The first-order chi connectivity index (χ1) is 9.93. The summed E-state index contributed by atoms with van der Waals surface area (Å²) in [5, 5.41) is 2.39. The van der Waals surface area contributed by atoms with Crippen LogP contribution < -0.4 is 4.74 Å². The molecule has 3 aromatic rings. The summed E-state index contributed by atoms with van der Waals surface area (Å²) in [6, 6.07) is 24.2. The maximum atomic E-state index is 5.57. The van der Waals surface area contributed by atoms with Crippen molar-refractivity contribution in [2.75, 3.05) is 6.61 Å². The fourth-order valence-corrected chi connectivity index (χ4v) is 2.10. The van der Waals surface area contributed by atoms with E-state index in [1.807, 2.05) is 54.6 Å². The fraction of sp³-hybridized carbons (Fsp3) is 0.0526. The van der Waals surface area contributed by atoms with E-state index in [1.54, 1.807) is 0 Å². The third kappa shape index (κ3) is 2.81. The lowest BCUT2D eigenvalue weighted by molar-refractivity contribution is 0.370. The highest BCUT2D eigenvalue weighted by atomic mass is 16.5. The molecule has 0 aliphatic rings. The number of hydrogen-bond donors (Lipinski definition) is 0. The Morgan fingerprint density at radius 3 is 2.40 bits per heavy atom. The maximum absolute atomic E-state index is 5.57. The number of hydrogen-bond acceptors (Lipinski definition) is 1. The van der Waals surface area contributed by atoms with Crippen LogP contribution in [-0.2, 0) is 0 Å². The van der Waals surface area contributed by atoms with E-state index in [1.165, 1.54) is 10.8 Å². The van der Waals surface area contributed by atoms with Gasteiger partial charge in [-0.15, -0.1) is 0 Å². The molecule has 0 aliphatic carbocycles. The third-order valence-corrected chi connectivity index (χ3v) is 3.07. The summed E-state index contributed by atoms with van der Waals surface area (Å²) in [5.74, 6) is 7.10. The van der Waals surface area contributed by atoms with E-state index in [-0.39, 0.29) is 0 Å². The second-order valence-corrected chi connectivity index (χ2v) is 4.43. The minimum Gasteiger partial charge on any atom is -0.481 e. The highest BCUT2D eigenvalue weighted by molar-refractivity contribution is 5.88. The van der Waals surface area contributed by atoms with E-state index in [4.69, 9.17) is 4.74 Å². The van der Waals surface area contributed by atoms with Crippen molar-refractivity contribution < 1.29 is 4.74 Å². The van der Waals surface area contributed by atoms with Gasteiger partial charge < -0.3 is 4.74 Å². The van der Waals surface area contributed by atoms with E-state index in [2.05, 4.69) is 30.0 Å². The summed E-state index contributed by atoms with van der Waals surface area (Å²) >= 11 is 0. The van der Waals surface area contributed by atoms with Crippen LogP contribution in [0.5, 0.6) is 5.75 Å². The molecule has 0 bridgehead atoms. The number of benzene rings is 3. The van der Waals surface area contributed by atoms with Crippen LogP contribution in [0.2, 0.25) is 0 Å². The van der Waals surface area contributed by atoms with Crippen LogP contribution in [0.3, 0.4) is 0 Å². The van der Waals surface area contributed by atoms with Gasteiger partial charge in [-0.25, -0.2) is 0 Å². The molecule has 0 unspecified atom stereocenters. The average Bonchev–Trinajstić information content (AvgIpc) is 2.53. The standard InChI is InChI=1S/C19H14O/c1-2-12-18(13-3-1)20-15-7-11-17-10-6-9-16-8-4-5-14-19(16)17/h1-6,8-10,12-14H,15H2. The van der Waals surface area contributed by atoms with Gasteiger partial charge in [-0.2, -0.15) is 0 Å². The van der Waals surface area contributed by atoms with Crippen LogP contribution in [0.4, 0.5) is 0 Å². The quantitative estimate of drug-likeness (QED) is 0.624. The molecular weight excluding hydrogens is 244 g/mol. The van der Waals surface area contributed by atoms with Crippen LogP contribution in [0.15, 0.2) is 72.8 Å². The van der Waals surface area contributed by atoms with Crippen molar-refractivity contribution in [3.8, 4) is 17.6 Å². The van der Waals surface area contributed by atoms with Crippen molar-refractivity contribution >= 4 is 10.8 Å². The van der Waals surface area contributed by atoms with Crippen molar-refractivity contribution in [1.82, 2.24) is 0 Å². The molecule has 0 saturated heterocycles. The maximum Gasteiger partial charge on any atom is 0.149 e. The Balaban J connectivity index is 1.76. The average molecular weight is 258 g/mol. The molecule has 0 radical (unpaired) electrons. The van der Waals surface area contributed by atoms with Gasteiger partial charge in [-0.1, -0.05) is 66.4 Å². The molecule has 0 amide bonds. The Kier molecular flexibility index (Phi) is 3.66. The van der Waals surface area contributed by atoms with Gasteiger partial charge in [-0.05, 0) is 29.0 Å². The van der Waals surface area contributed by atoms with Crippen LogP contribution >= 0.6 is 0 Å². The molecule has 0 saturated carbocycles. The van der Waals surface area contributed by atoms with Gasteiger partial charge in [0, 0.05) is 5.56 Å². The first-order valence-electron chi connectivity index (χ1n) is 6.58. The predicted octanol–water partition coefficient (Wildman–Crippen LogP) is 4.27. The van der Waals surface area contributed by atoms with Gasteiger partial charge in [0.25, 0.3) is 0 Å². The summed E-state index contributed by atoms with van der Waals surface area (Å²) in [6.07, 6.45) is 0. The van der Waals surface area contributed by atoms with Gasteiger partial charge in [0.15, 0.2) is 0 Å². The second kappa shape index (κ2) is 5.95. The van der Waals surface area contributed by atoms with Crippen molar-refractivity contribution in [3.05, 3.63) is 78.4 Å². The SMILES string of the molecule is C(#Cc1cccc2ccccc12)COc1ccccc1. The fourth-order valence-electron chi connectivity index (χ4n) is 2.10. The Hall–Kier alpha value is -2.72. The highest BCUT2D eigenvalue weighted by Gasteiger charge is 1.96. The summed E-state index contributed by atoms with van der Waals surface area (Å²) in [5.41, 5.74) is 1.04. The minimum atomic E-state index is 0.396. The molecular formula is C19H14O. The zero-order valence-corrected chi connectivity index (χ0v) is 11.0. The summed E-state index contributed by atoms with van der Waals surface area (Å²) in [7, 11) is 0. The van der Waals surface area contributed by atoms with Crippen molar-refractivity contribution in [2.45, 2.75) is 0 Å². The van der Waals surface area contributed by atoms with Gasteiger partial charge in [0.05, 0.1) is 0 Å². The molecule has 0 atom stereocenters. The molecule has 0 spiro atoms. The number of ether oxygens (including phenoxy) is 1. The number of rotatable bonds is 2. The molecule has 0 fully saturated rings. The smallest absolute Gasteiger partial charge is 0.149 e. The van der Waals surface area contributed by atoms with E-state index >= 15 is 0 Å². The molecule has 3 rings (SSSR count). The molecule has 96 valence electrons. The van der Waals surface area contributed by atoms with E-state index in [0.29, 0.717) is 6.61 Å². The Labute approximate surface area is 118 Å². The molecule has 0 N–H and O–H groups in total. The van der Waals surface area contributed by atoms with Crippen molar-refractivity contribution in [3.63, 3.8) is 0 Å². The first kappa shape index (κ1) is 12.3. The topological polar surface area (TPSA) is 9.23 Å². The van der Waals surface area contributed by atoms with E-state index in [0.717, 1.165) is 11.3 Å². The molecule has 0 aromatic heterocycles. The molecule has 1 heteroatoms. The molecule has 0 heterocycles. The lowest BCUT2D eigenvalue weighted by atomic mass is 10.1. The Bertz CT molecular complexity index is 758. The van der Waals surface area contributed by atoms with E-state index in [9.17, 15) is 0 Å². The lowest BCUT2D eigenvalue weighted by Gasteiger charge is -2.01. The number of para-hydroxylation sites is 1. The summed E-state index contributed by atoms with van der Waals surface area (Å²) < 4.78 is 5.57. The molecule has 1 nitrogen and oxygen atoms in total. The van der Waals surface area contributed by atoms with Crippen LogP contribution in [0.25, 0.3) is 10.8 Å².